The molecule has 0 atom stereocenters. The van der Waals surface area contributed by atoms with E-state index in [1.54, 1.807) is 29.2 Å². The van der Waals surface area contributed by atoms with Gasteiger partial charge in [0.1, 0.15) is 0 Å². The lowest BCUT2D eigenvalue weighted by Gasteiger charge is -2.30. The first-order valence-electron chi connectivity index (χ1n) is 9.09. The zero-order valence-corrected chi connectivity index (χ0v) is 17.6. The van der Waals surface area contributed by atoms with Crippen LogP contribution in [0.5, 0.6) is 0 Å². The van der Waals surface area contributed by atoms with Gasteiger partial charge in [-0.1, -0.05) is 23.2 Å². The molecule has 0 bridgehead atoms. The van der Waals surface area contributed by atoms with Gasteiger partial charge in [0, 0.05) is 33.4 Å². The van der Waals surface area contributed by atoms with Crippen LogP contribution in [0, 0.1) is 0 Å². The first kappa shape index (κ1) is 20.5. The number of aryl methyl sites for hydroxylation is 1. The summed E-state index contributed by atoms with van der Waals surface area (Å²) in [4.78, 5) is 26.4. The second kappa shape index (κ2) is 8.02. The SMILES string of the molecule is CC(C)(C)NC(=O)Nc1ccc2c(c1)CCC(=O)N2Cc1cc(Cl)ccc1Cl. The molecule has 3 rings (SSSR count). The molecule has 1 aliphatic rings. The number of nitrogens with one attached hydrogen (secondary N) is 2. The molecule has 0 fully saturated rings. The Balaban J connectivity index is 1.82. The van der Waals surface area contributed by atoms with Crippen LogP contribution in [0.25, 0.3) is 0 Å². The summed E-state index contributed by atoms with van der Waals surface area (Å²) in [6.45, 7) is 6.11. The summed E-state index contributed by atoms with van der Waals surface area (Å²) in [7, 11) is 0. The third-order valence-corrected chi connectivity index (χ3v) is 4.97. The average Bonchev–Trinajstić information content (AvgIpc) is 2.58. The van der Waals surface area contributed by atoms with Gasteiger partial charge < -0.3 is 15.5 Å². The maximum absolute atomic E-state index is 12.5. The lowest BCUT2D eigenvalue weighted by atomic mass is 9.99. The molecule has 7 heteroatoms. The molecule has 148 valence electrons. The number of anilines is 2. The lowest BCUT2D eigenvalue weighted by Crippen LogP contribution is -2.43. The Bertz CT molecular complexity index is 922. The van der Waals surface area contributed by atoms with E-state index in [4.69, 9.17) is 23.2 Å². The van der Waals surface area contributed by atoms with Crippen LogP contribution in [0.2, 0.25) is 10.0 Å². The molecule has 2 aromatic carbocycles. The monoisotopic (exact) mass is 419 g/mol. The van der Waals surface area contributed by atoms with E-state index in [0.717, 1.165) is 16.8 Å². The van der Waals surface area contributed by atoms with Crippen LogP contribution < -0.4 is 15.5 Å². The summed E-state index contributed by atoms with van der Waals surface area (Å²) in [5.74, 6) is 0.0368. The number of benzene rings is 2. The van der Waals surface area contributed by atoms with Crippen molar-refractivity contribution in [3.05, 3.63) is 57.6 Å². The number of nitrogens with zero attached hydrogens (tertiary/aromatic N) is 1. The highest BCUT2D eigenvalue weighted by Gasteiger charge is 2.25. The molecule has 0 spiro atoms. The quantitative estimate of drug-likeness (QED) is 0.699. The van der Waals surface area contributed by atoms with E-state index < -0.39 is 0 Å². The fourth-order valence-electron chi connectivity index (χ4n) is 3.15. The highest BCUT2D eigenvalue weighted by molar-refractivity contribution is 6.33. The topological polar surface area (TPSA) is 61.4 Å². The normalized spacial score (nSPS) is 13.9. The van der Waals surface area contributed by atoms with Crippen molar-refractivity contribution < 1.29 is 9.59 Å². The molecule has 1 heterocycles. The summed E-state index contributed by atoms with van der Waals surface area (Å²) in [5, 5.41) is 6.86. The van der Waals surface area contributed by atoms with Crippen molar-refractivity contribution in [2.75, 3.05) is 10.2 Å². The molecule has 3 amide bonds. The van der Waals surface area contributed by atoms with Crippen LogP contribution in [-0.2, 0) is 17.8 Å². The zero-order valence-electron chi connectivity index (χ0n) is 16.1. The Hall–Kier alpha value is -2.24. The van der Waals surface area contributed by atoms with Gasteiger partial charge in [0.25, 0.3) is 0 Å². The zero-order chi connectivity index (χ0) is 20.5. The van der Waals surface area contributed by atoms with Crippen molar-refractivity contribution >= 4 is 46.5 Å². The molecule has 28 heavy (non-hydrogen) atoms. The molecular formula is C21H23Cl2N3O2. The number of hydrogen-bond donors (Lipinski definition) is 2. The van der Waals surface area contributed by atoms with Gasteiger partial charge in [-0.2, -0.15) is 0 Å². The van der Waals surface area contributed by atoms with Crippen LogP contribution in [0.15, 0.2) is 36.4 Å². The maximum Gasteiger partial charge on any atom is 0.319 e. The first-order valence-corrected chi connectivity index (χ1v) is 9.84. The van der Waals surface area contributed by atoms with Crippen LogP contribution in [0.4, 0.5) is 16.2 Å². The second-order valence-corrected chi connectivity index (χ2v) is 8.73. The molecule has 1 aliphatic heterocycles. The molecule has 2 N–H and O–H groups in total. The number of urea groups is 1. The van der Waals surface area contributed by atoms with Crippen molar-refractivity contribution in [1.82, 2.24) is 5.32 Å². The van der Waals surface area contributed by atoms with Crippen molar-refractivity contribution in [3.63, 3.8) is 0 Å². The molecule has 0 aromatic heterocycles. The van der Waals surface area contributed by atoms with E-state index in [1.807, 2.05) is 32.9 Å². The van der Waals surface area contributed by atoms with Gasteiger partial charge in [-0.25, -0.2) is 4.79 Å². The molecule has 0 unspecified atom stereocenters. The summed E-state index contributed by atoms with van der Waals surface area (Å²) >= 11 is 12.4. The van der Waals surface area contributed by atoms with Crippen LogP contribution >= 0.6 is 23.2 Å². The minimum absolute atomic E-state index is 0.0368. The Labute approximate surface area is 175 Å². The van der Waals surface area contributed by atoms with Crippen LogP contribution in [0.3, 0.4) is 0 Å². The average molecular weight is 420 g/mol. The van der Waals surface area contributed by atoms with E-state index in [0.29, 0.717) is 35.1 Å². The number of hydrogen-bond acceptors (Lipinski definition) is 2. The van der Waals surface area contributed by atoms with E-state index in [-0.39, 0.29) is 17.5 Å². The minimum atomic E-state index is -0.322. The number of rotatable bonds is 3. The van der Waals surface area contributed by atoms with Gasteiger partial charge in [0.2, 0.25) is 5.91 Å². The number of halogens is 2. The molecule has 5 nitrogen and oxygen atoms in total. The molecule has 0 aliphatic carbocycles. The molecule has 2 aromatic rings. The maximum atomic E-state index is 12.5. The third-order valence-electron chi connectivity index (χ3n) is 4.36. The second-order valence-electron chi connectivity index (χ2n) is 7.89. The first-order chi connectivity index (χ1) is 13.1. The summed E-state index contributed by atoms with van der Waals surface area (Å²) < 4.78 is 0. The largest absolute Gasteiger partial charge is 0.333 e. The van der Waals surface area contributed by atoms with E-state index in [1.165, 1.54) is 0 Å². The summed E-state index contributed by atoms with van der Waals surface area (Å²) in [5.41, 5.74) is 3.00. The van der Waals surface area contributed by atoms with Crippen molar-refractivity contribution in [3.8, 4) is 0 Å². The Morgan fingerprint density at radius 2 is 1.86 bits per heavy atom. The standard InChI is InChI=1S/C21H23Cl2N3O2/c1-21(2,3)25-20(28)24-16-6-8-18-13(11-16)4-9-19(27)26(18)12-14-10-15(22)5-7-17(14)23/h5-8,10-11H,4,9,12H2,1-3H3,(H2,24,25,28). The Kier molecular flexibility index (Phi) is 5.87. The van der Waals surface area contributed by atoms with Gasteiger partial charge in [0.05, 0.1) is 6.54 Å². The molecule has 0 saturated heterocycles. The van der Waals surface area contributed by atoms with Crippen LogP contribution in [-0.4, -0.2) is 17.5 Å². The molecular weight excluding hydrogens is 397 g/mol. The predicted octanol–water partition coefficient (Wildman–Crippen LogP) is 5.39. The van der Waals surface area contributed by atoms with Crippen molar-refractivity contribution in [2.24, 2.45) is 0 Å². The van der Waals surface area contributed by atoms with Gasteiger partial charge in [0.15, 0.2) is 0 Å². The summed E-state index contributed by atoms with van der Waals surface area (Å²) in [6, 6.07) is 10.5. The predicted molar refractivity (Wildman–Crippen MR) is 114 cm³/mol. The number of amides is 3. The summed E-state index contributed by atoms with van der Waals surface area (Å²) in [6.07, 6.45) is 1.03. The van der Waals surface area contributed by atoms with Crippen molar-refractivity contribution in [2.45, 2.75) is 45.7 Å². The van der Waals surface area contributed by atoms with E-state index in [2.05, 4.69) is 10.6 Å². The fraction of sp³-hybridized carbons (Fsp3) is 0.333. The van der Waals surface area contributed by atoms with Gasteiger partial charge in [-0.3, -0.25) is 4.79 Å². The minimum Gasteiger partial charge on any atom is -0.333 e. The Morgan fingerprint density at radius 1 is 1.11 bits per heavy atom. The third kappa shape index (κ3) is 4.97. The lowest BCUT2D eigenvalue weighted by molar-refractivity contribution is -0.119. The molecule has 0 saturated carbocycles. The van der Waals surface area contributed by atoms with Crippen LogP contribution in [0.1, 0.15) is 38.3 Å². The van der Waals surface area contributed by atoms with Crippen molar-refractivity contribution in [1.29, 1.82) is 0 Å². The number of fused-ring (bicyclic) bond motifs is 1. The highest BCUT2D eigenvalue weighted by Crippen LogP contribution is 2.33. The number of carbonyl (C=O) groups excluding carboxylic acids is 2. The van der Waals surface area contributed by atoms with E-state index >= 15 is 0 Å². The smallest absolute Gasteiger partial charge is 0.319 e. The number of carbonyl (C=O) groups is 2. The van der Waals surface area contributed by atoms with E-state index in [9.17, 15) is 9.59 Å². The highest BCUT2D eigenvalue weighted by atomic mass is 35.5. The Morgan fingerprint density at radius 3 is 2.57 bits per heavy atom. The van der Waals surface area contributed by atoms with Gasteiger partial charge in [-0.05, 0) is 74.7 Å². The fourth-order valence-corrected chi connectivity index (χ4v) is 3.52. The molecule has 0 radical (unpaired) electrons. The van der Waals surface area contributed by atoms with Gasteiger partial charge >= 0.3 is 6.03 Å². The van der Waals surface area contributed by atoms with Gasteiger partial charge in [-0.15, -0.1) is 0 Å².